The van der Waals surface area contributed by atoms with Crippen LogP contribution in [0.2, 0.25) is 0 Å². The van der Waals surface area contributed by atoms with Crippen LogP contribution in [0.1, 0.15) is 58.4 Å². The fourth-order valence-corrected chi connectivity index (χ4v) is 4.25. The Morgan fingerprint density at radius 2 is 1.96 bits per heavy atom. The van der Waals surface area contributed by atoms with Crippen LogP contribution >= 0.6 is 0 Å². The number of rotatable bonds is 4. The normalized spacial score (nSPS) is 24.2. The molecule has 0 radical (unpaired) electrons. The summed E-state index contributed by atoms with van der Waals surface area (Å²) in [5.74, 6) is 0.487. The number of carbonyl (C=O) groups is 2. The van der Waals surface area contributed by atoms with E-state index in [4.69, 9.17) is 0 Å². The molecule has 0 aliphatic carbocycles. The van der Waals surface area contributed by atoms with Crippen molar-refractivity contribution in [3.05, 3.63) is 30.1 Å². The number of piperidine rings is 2. The van der Waals surface area contributed by atoms with E-state index in [1.807, 2.05) is 30.9 Å². The summed E-state index contributed by atoms with van der Waals surface area (Å²) in [6.07, 6.45) is 8.01. The zero-order valence-electron chi connectivity index (χ0n) is 16.3. The van der Waals surface area contributed by atoms with Crippen LogP contribution < -0.4 is 0 Å². The second-order valence-electron chi connectivity index (χ2n) is 8.67. The minimum absolute atomic E-state index is 0.0542. The van der Waals surface area contributed by atoms with Crippen LogP contribution in [0.4, 0.5) is 0 Å². The van der Waals surface area contributed by atoms with Gasteiger partial charge in [0.2, 0.25) is 11.8 Å². The monoisotopic (exact) mass is 357 g/mol. The van der Waals surface area contributed by atoms with Gasteiger partial charge < -0.3 is 9.80 Å². The molecule has 2 amide bonds. The van der Waals surface area contributed by atoms with Gasteiger partial charge in [0, 0.05) is 55.8 Å². The second-order valence-corrected chi connectivity index (χ2v) is 8.67. The maximum Gasteiger partial charge on any atom is 0.228 e. The van der Waals surface area contributed by atoms with Crippen LogP contribution in [0.25, 0.3) is 0 Å². The molecule has 1 aromatic heterocycles. The lowest BCUT2D eigenvalue weighted by Gasteiger charge is -2.49. The molecule has 0 bridgehead atoms. The molecule has 1 spiro atoms. The zero-order valence-corrected chi connectivity index (χ0v) is 16.3. The Hall–Kier alpha value is -1.91. The van der Waals surface area contributed by atoms with Crippen LogP contribution in [-0.2, 0) is 16.1 Å². The first-order chi connectivity index (χ1) is 12.4. The van der Waals surface area contributed by atoms with Gasteiger partial charge in [0.1, 0.15) is 0 Å². The average molecular weight is 357 g/mol. The number of likely N-dealkylation sites (tertiary alicyclic amines) is 2. The molecule has 0 unspecified atom stereocenters. The molecule has 3 heterocycles. The Kier molecular flexibility index (Phi) is 5.35. The highest BCUT2D eigenvalue weighted by Gasteiger charge is 2.44. The van der Waals surface area contributed by atoms with Crippen molar-refractivity contribution in [2.24, 2.45) is 10.8 Å². The predicted octanol–water partition coefficient (Wildman–Crippen LogP) is 3.25. The molecule has 1 atom stereocenters. The number of amides is 2. The molecule has 2 saturated heterocycles. The van der Waals surface area contributed by atoms with Gasteiger partial charge in [-0.15, -0.1) is 0 Å². The lowest BCUT2D eigenvalue weighted by molar-refractivity contribution is -0.148. The van der Waals surface area contributed by atoms with Crippen molar-refractivity contribution >= 4 is 11.8 Å². The first-order valence-corrected chi connectivity index (χ1v) is 9.81. The lowest BCUT2D eigenvalue weighted by atomic mass is 9.73. The summed E-state index contributed by atoms with van der Waals surface area (Å²) in [7, 11) is 0. The molecule has 2 fully saturated rings. The molecule has 2 aliphatic rings. The molecule has 0 saturated carbocycles. The molecule has 26 heavy (non-hydrogen) atoms. The second kappa shape index (κ2) is 7.37. The standard InChI is InChI=1S/C21H31N3O2/c1-4-20(2,3)19(26)23-13-5-9-21(15-23)10-6-18(25)24(16-21)14-17-7-11-22-12-8-17/h7-8,11-12H,4-6,9-10,13-16H2,1-3H3/t21-/m0/s1. The Balaban J connectivity index is 1.72. The highest BCUT2D eigenvalue weighted by molar-refractivity contribution is 5.82. The highest BCUT2D eigenvalue weighted by Crippen LogP contribution is 2.40. The van der Waals surface area contributed by atoms with Crippen molar-refractivity contribution in [2.75, 3.05) is 19.6 Å². The number of hydrogen-bond acceptors (Lipinski definition) is 3. The third-order valence-electron chi connectivity index (χ3n) is 6.28. The summed E-state index contributed by atoms with van der Waals surface area (Å²) in [5, 5.41) is 0. The quantitative estimate of drug-likeness (QED) is 0.831. The molecular formula is C21H31N3O2. The van der Waals surface area contributed by atoms with Crippen LogP contribution in [-0.4, -0.2) is 46.2 Å². The van der Waals surface area contributed by atoms with Crippen molar-refractivity contribution in [3.8, 4) is 0 Å². The zero-order chi connectivity index (χ0) is 18.8. The third-order valence-corrected chi connectivity index (χ3v) is 6.28. The van der Waals surface area contributed by atoms with Gasteiger partial charge in [-0.1, -0.05) is 20.8 Å². The van der Waals surface area contributed by atoms with E-state index >= 15 is 0 Å². The van der Waals surface area contributed by atoms with Crippen molar-refractivity contribution in [1.29, 1.82) is 0 Å². The average Bonchev–Trinajstić information content (AvgIpc) is 2.65. The van der Waals surface area contributed by atoms with Gasteiger partial charge in [0.05, 0.1) is 0 Å². The Labute approximate surface area is 156 Å². The van der Waals surface area contributed by atoms with Crippen LogP contribution in [0.5, 0.6) is 0 Å². The van der Waals surface area contributed by atoms with Gasteiger partial charge in [-0.2, -0.15) is 0 Å². The molecule has 0 aromatic carbocycles. The number of nitrogens with zero attached hydrogens (tertiary/aromatic N) is 3. The largest absolute Gasteiger partial charge is 0.342 e. The summed E-state index contributed by atoms with van der Waals surface area (Å²) < 4.78 is 0. The van der Waals surface area contributed by atoms with E-state index in [2.05, 4.69) is 16.8 Å². The van der Waals surface area contributed by atoms with E-state index in [-0.39, 0.29) is 22.6 Å². The van der Waals surface area contributed by atoms with Crippen molar-refractivity contribution in [1.82, 2.24) is 14.8 Å². The first-order valence-electron chi connectivity index (χ1n) is 9.81. The fraction of sp³-hybridized carbons (Fsp3) is 0.667. The number of hydrogen-bond donors (Lipinski definition) is 0. The molecule has 1 aromatic rings. The number of aromatic nitrogens is 1. The van der Waals surface area contributed by atoms with Crippen LogP contribution in [0.15, 0.2) is 24.5 Å². The van der Waals surface area contributed by atoms with E-state index in [1.165, 1.54) is 0 Å². The van der Waals surface area contributed by atoms with Gasteiger partial charge in [-0.3, -0.25) is 14.6 Å². The van der Waals surface area contributed by atoms with Crippen LogP contribution in [0.3, 0.4) is 0 Å². The summed E-state index contributed by atoms with van der Waals surface area (Å²) in [5.41, 5.74) is 0.861. The van der Waals surface area contributed by atoms with Gasteiger partial charge in [0.15, 0.2) is 0 Å². The number of carbonyl (C=O) groups excluding carboxylic acids is 2. The summed E-state index contributed by atoms with van der Waals surface area (Å²) >= 11 is 0. The van der Waals surface area contributed by atoms with Gasteiger partial charge >= 0.3 is 0 Å². The fourth-order valence-electron chi connectivity index (χ4n) is 4.25. The van der Waals surface area contributed by atoms with Gasteiger partial charge in [-0.25, -0.2) is 0 Å². The van der Waals surface area contributed by atoms with Crippen molar-refractivity contribution in [3.63, 3.8) is 0 Å². The topological polar surface area (TPSA) is 53.5 Å². The molecule has 0 N–H and O–H groups in total. The summed E-state index contributed by atoms with van der Waals surface area (Å²) in [4.78, 5) is 33.5. The molecule has 2 aliphatic heterocycles. The third kappa shape index (κ3) is 3.92. The SMILES string of the molecule is CCC(C)(C)C(=O)N1CCC[C@]2(CCC(=O)N(Cc3ccncc3)C2)C1. The first kappa shape index (κ1) is 18.9. The Bertz CT molecular complexity index is 658. The van der Waals surface area contributed by atoms with Crippen molar-refractivity contribution < 1.29 is 9.59 Å². The minimum atomic E-state index is -0.306. The number of pyridine rings is 1. The summed E-state index contributed by atoms with van der Waals surface area (Å²) in [6, 6.07) is 3.93. The predicted molar refractivity (Wildman–Crippen MR) is 101 cm³/mol. The van der Waals surface area contributed by atoms with E-state index in [0.29, 0.717) is 13.0 Å². The lowest BCUT2D eigenvalue weighted by Crippen LogP contribution is -2.56. The smallest absolute Gasteiger partial charge is 0.228 e. The van der Waals surface area contributed by atoms with Gasteiger partial charge in [-0.05, 0) is 43.4 Å². The maximum atomic E-state index is 13.0. The molecular weight excluding hydrogens is 326 g/mol. The molecule has 3 rings (SSSR count). The van der Waals surface area contributed by atoms with E-state index in [9.17, 15) is 9.59 Å². The van der Waals surface area contributed by atoms with Crippen molar-refractivity contribution in [2.45, 2.75) is 59.4 Å². The molecule has 5 heteroatoms. The van der Waals surface area contributed by atoms with E-state index in [1.54, 1.807) is 12.4 Å². The van der Waals surface area contributed by atoms with Crippen LogP contribution in [0, 0.1) is 10.8 Å². The molecule has 142 valence electrons. The Morgan fingerprint density at radius 3 is 2.65 bits per heavy atom. The maximum absolute atomic E-state index is 13.0. The minimum Gasteiger partial charge on any atom is -0.342 e. The Morgan fingerprint density at radius 1 is 1.23 bits per heavy atom. The van der Waals surface area contributed by atoms with E-state index in [0.717, 1.165) is 50.9 Å². The molecule has 5 nitrogen and oxygen atoms in total. The van der Waals surface area contributed by atoms with Gasteiger partial charge in [0.25, 0.3) is 0 Å². The highest BCUT2D eigenvalue weighted by atomic mass is 16.2. The van der Waals surface area contributed by atoms with E-state index < -0.39 is 0 Å². The summed E-state index contributed by atoms with van der Waals surface area (Å²) in [6.45, 7) is 9.18.